The smallest absolute Gasteiger partial charge is 0.0992 e. The van der Waals surface area contributed by atoms with Crippen molar-refractivity contribution in [1.82, 2.24) is 9.55 Å². The number of nitrogens with one attached hydrogen (secondary N) is 1. The zero-order valence-electron chi connectivity index (χ0n) is 11.1. The fourth-order valence-electron chi connectivity index (χ4n) is 1.91. The minimum absolute atomic E-state index is 0.961. The number of para-hydroxylation sites is 1. The Morgan fingerprint density at radius 2 is 2.00 bits per heavy atom. The Morgan fingerprint density at radius 1 is 1.14 bits per heavy atom. The number of imidazole rings is 1. The van der Waals surface area contributed by atoms with Crippen LogP contribution >= 0.6 is 15.9 Å². The van der Waals surface area contributed by atoms with Crippen molar-refractivity contribution in [2.24, 2.45) is 5.10 Å². The maximum atomic E-state index is 4.23. The van der Waals surface area contributed by atoms with E-state index in [-0.39, 0.29) is 0 Å². The van der Waals surface area contributed by atoms with E-state index < -0.39 is 0 Å². The molecule has 3 rings (SSSR count). The van der Waals surface area contributed by atoms with Crippen LogP contribution in [0.15, 0.2) is 76.8 Å². The summed E-state index contributed by atoms with van der Waals surface area (Å²) in [5.41, 5.74) is 6.01. The summed E-state index contributed by atoms with van der Waals surface area (Å²) in [7, 11) is 0. The van der Waals surface area contributed by atoms with E-state index in [4.69, 9.17) is 0 Å². The maximum absolute atomic E-state index is 4.23. The minimum atomic E-state index is 0.961. The van der Waals surface area contributed by atoms with Gasteiger partial charge in [-0.3, -0.25) is 5.43 Å². The average Bonchev–Trinajstić information content (AvgIpc) is 3.02. The van der Waals surface area contributed by atoms with Crippen molar-refractivity contribution in [3.05, 3.63) is 77.3 Å². The van der Waals surface area contributed by atoms with E-state index in [9.17, 15) is 0 Å². The van der Waals surface area contributed by atoms with Crippen LogP contribution in [0.2, 0.25) is 0 Å². The number of nitrogens with zero attached hydrogens (tertiary/aromatic N) is 3. The maximum Gasteiger partial charge on any atom is 0.0992 e. The number of halogens is 1. The summed E-state index contributed by atoms with van der Waals surface area (Å²) in [5.74, 6) is 0. The van der Waals surface area contributed by atoms with Crippen LogP contribution < -0.4 is 5.43 Å². The highest BCUT2D eigenvalue weighted by atomic mass is 79.9. The molecule has 0 aliphatic rings. The highest BCUT2D eigenvalue weighted by Gasteiger charge is 2.02. The van der Waals surface area contributed by atoms with Crippen LogP contribution in [0.3, 0.4) is 0 Å². The number of benzene rings is 2. The predicted molar refractivity (Wildman–Crippen MR) is 88.9 cm³/mol. The van der Waals surface area contributed by atoms with Gasteiger partial charge in [-0.05, 0) is 45.8 Å². The average molecular weight is 341 g/mol. The normalized spacial score (nSPS) is 10.9. The van der Waals surface area contributed by atoms with Gasteiger partial charge in [-0.1, -0.05) is 24.3 Å². The van der Waals surface area contributed by atoms with Gasteiger partial charge in [0.05, 0.1) is 23.9 Å². The van der Waals surface area contributed by atoms with Crippen LogP contribution in [0, 0.1) is 0 Å². The predicted octanol–water partition coefficient (Wildman–Crippen LogP) is 4.08. The van der Waals surface area contributed by atoms with E-state index >= 15 is 0 Å². The first-order valence-electron chi connectivity index (χ1n) is 6.45. The monoisotopic (exact) mass is 340 g/mol. The zero-order valence-corrected chi connectivity index (χ0v) is 12.7. The van der Waals surface area contributed by atoms with Crippen molar-refractivity contribution >= 4 is 27.8 Å². The molecule has 0 unspecified atom stereocenters. The van der Waals surface area contributed by atoms with Crippen molar-refractivity contribution in [3.8, 4) is 5.69 Å². The second-order valence-electron chi connectivity index (χ2n) is 4.42. The van der Waals surface area contributed by atoms with Gasteiger partial charge in [0.25, 0.3) is 0 Å². The Hall–Kier alpha value is -2.40. The number of aromatic nitrogens is 2. The summed E-state index contributed by atoms with van der Waals surface area (Å²) >= 11 is 3.57. The fraction of sp³-hybridized carbons (Fsp3) is 0. The fourth-order valence-corrected chi connectivity index (χ4v) is 2.51. The molecule has 0 atom stereocenters. The van der Waals surface area contributed by atoms with Crippen molar-refractivity contribution in [2.75, 3.05) is 5.43 Å². The second-order valence-corrected chi connectivity index (χ2v) is 5.27. The molecule has 1 aromatic heterocycles. The summed E-state index contributed by atoms with van der Waals surface area (Å²) in [5, 5.41) is 4.23. The molecule has 0 aliphatic carbocycles. The van der Waals surface area contributed by atoms with Crippen molar-refractivity contribution in [3.63, 3.8) is 0 Å². The molecule has 21 heavy (non-hydrogen) atoms. The second kappa shape index (κ2) is 6.37. The van der Waals surface area contributed by atoms with Gasteiger partial charge in [-0.15, -0.1) is 0 Å². The van der Waals surface area contributed by atoms with Gasteiger partial charge in [0.15, 0.2) is 0 Å². The molecule has 3 aromatic rings. The number of rotatable bonds is 4. The standard InChI is InChI=1S/C16H13BrN4/c17-15-10-13(6-7-16(15)21-9-8-18-12-21)11-19-20-14-4-2-1-3-5-14/h1-12,20H. The van der Waals surface area contributed by atoms with Crippen molar-refractivity contribution < 1.29 is 0 Å². The first-order valence-corrected chi connectivity index (χ1v) is 7.24. The molecule has 0 amide bonds. The lowest BCUT2D eigenvalue weighted by Crippen LogP contribution is -1.94. The summed E-state index contributed by atoms with van der Waals surface area (Å²) in [6, 6.07) is 15.9. The molecule has 2 aromatic carbocycles. The van der Waals surface area contributed by atoms with E-state index in [1.54, 1.807) is 18.7 Å². The van der Waals surface area contributed by atoms with Crippen LogP contribution in [0.25, 0.3) is 5.69 Å². The molecule has 104 valence electrons. The van der Waals surface area contributed by atoms with Crippen LogP contribution in [-0.2, 0) is 0 Å². The lowest BCUT2D eigenvalue weighted by Gasteiger charge is -2.06. The minimum Gasteiger partial charge on any atom is -0.305 e. The Kier molecular flexibility index (Phi) is 4.12. The third kappa shape index (κ3) is 3.38. The number of hydrazone groups is 1. The zero-order chi connectivity index (χ0) is 14.5. The van der Waals surface area contributed by atoms with Gasteiger partial charge in [-0.25, -0.2) is 4.98 Å². The van der Waals surface area contributed by atoms with Crippen LogP contribution in [-0.4, -0.2) is 15.8 Å². The first kappa shape index (κ1) is 13.6. The summed E-state index contributed by atoms with van der Waals surface area (Å²) in [6.45, 7) is 0. The van der Waals surface area contributed by atoms with E-state index in [1.807, 2.05) is 59.3 Å². The Labute approximate surface area is 131 Å². The molecular weight excluding hydrogens is 328 g/mol. The molecule has 0 fully saturated rings. The van der Waals surface area contributed by atoms with E-state index in [2.05, 4.69) is 31.4 Å². The number of anilines is 1. The lowest BCUT2D eigenvalue weighted by atomic mass is 10.2. The van der Waals surface area contributed by atoms with E-state index in [0.717, 1.165) is 21.4 Å². The molecule has 5 heteroatoms. The van der Waals surface area contributed by atoms with Gasteiger partial charge in [0, 0.05) is 16.9 Å². The Bertz CT molecular complexity index is 736. The van der Waals surface area contributed by atoms with Crippen LogP contribution in [0.1, 0.15) is 5.56 Å². The molecular formula is C16H13BrN4. The molecule has 0 spiro atoms. The lowest BCUT2D eigenvalue weighted by molar-refractivity contribution is 1.05. The molecule has 0 saturated heterocycles. The van der Waals surface area contributed by atoms with Gasteiger partial charge in [-0.2, -0.15) is 5.10 Å². The molecule has 0 radical (unpaired) electrons. The molecule has 1 heterocycles. The Balaban J connectivity index is 1.74. The Morgan fingerprint density at radius 3 is 2.71 bits per heavy atom. The largest absolute Gasteiger partial charge is 0.305 e. The number of hydrogen-bond acceptors (Lipinski definition) is 3. The third-order valence-electron chi connectivity index (χ3n) is 2.94. The quantitative estimate of drug-likeness (QED) is 0.574. The van der Waals surface area contributed by atoms with Crippen LogP contribution in [0.4, 0.5) is 5.69 Å². The van der Waals surface area contributed by atoms with Gasteiger partial charge in [0.1, 0.15) is 0 Å². The van der Waals surface area contributed by atoms with Gasteiger partial charge < -0.3 is 4.57 Å². The van der Waals surface area contributed by atoms with E-state index in [0.29, 0.717) is 0 Å². The molecule has 0 bridgehead atoms. The summed E-state index contributed by atoms with van der Waals surface area (Å²) in [4.78, 5) is 4.05. The molecule has 0 saturated carbocycles. The van der Waals surface area contributed by atoms with Crippen molar-refractivity contribution in [2.45, 2.75) is 0 Å². The number of hydrogen-bond donors (Lipinski definition) is 1. The topological polar surface area (TPSA) is 42.2 Å². The highest BCUT2D eigenvalue weighted by molar-refractivity contribution is 9.10. The highest BCUT2D eigenvalue weighted by Crippen LogP contribution is 2.21. The van der Waals surface area contributed by atoms with Crippen LogP contribution in [0.5, 0.6) is 0 Å². The molecule has 1 N–H and O–H groups in total. The third-order valence-corrected chi connectivity index (χ3v) is 3.57. The SMILES string of the molecule is Brc1cc(C=NNc2ccccc2)ccc1-n1ccnc1. The summed E-state index contributed by atoms with van der Waals surface area (Å²) in [6.07, 6.45) is 7.22. The van der Waals surface area contributed by atoms with Crippen molar-refractivity contribution in [1.29, 1.82) is 0 Å². The molecule has 4 nitrogen and oxygen atoms in total. The van der Waals surface area contributed by atoms with Gasteiger partial charge in [0.2, 0.25) is 0 Å². The van der Waals surface area contributed by atoms with Gasteiger partial charge >= 0.3 is 0 Å². The van der Waals surface area contributed by atoms with E-state index in [1.165, 1.54) is 0 Å². The summed E-state index contributed by atoms with van der Waals surface area (Å²) < 4.78 is 2.94. The first-order chi connectivity index (χ1) is 10.3. The molecule has 0 aliphatic heterocycles.